The van der Waals surface area contributed by atoms with Gasteiger partial charge in [0.05, 0.1) is 21.6 Å². The fraction of sp³-hybridized carbons (Fsp3) is 0.188. The average Bonchev–Trinajstić information content (AvgIpc) is 2.84. The van der Waals surface area contributed by atoms with Crippen molar-refractivity contribution in [1.82, 2.24) is 0 Å². The molecule has 0 saturated carbocycles. The van der Waals surface area contributed by atoms with Crippen molar-refractivity contribution >= 4 is 34.6 Å². The lowest BCUT2D eigenvalue weighted by Gasteiger charge is -2.11. The first-order valence-corrected chi connectivity index (χ1v) is 7.51. The number of para-hydroxylation sites is 1. The number of amides is 1. The van der Waals surface area contributed by atoms with Gasteiger partial charge in [-0.3, -0.25) is 14.9 Å². The molecule has 3 rings (SSSR count). The number of hydrogen-bond donors (Lipinski definition) is 2. The van der Waals surface area contributed by atoms with Crippen LogP contribution in [0.5, 0.6) is 0 Å². The van der Waals surface area contributed by atoms with Crippen LogP contribution < -0.4 is 10.6 Å². The Labute approximate surface area is 137 Å². The van der Waals surface area contributed by atoms with Crippen molar-refractivity contribution in [3.63, 3.8) is 0 Å². The maximum absolute atomic E-state index is 12.0. The predicted molar refractivity (Wildman–Crippen MR) is 89.0 cm³/mol. The number of nitrogens with zero attached hydrogens (tertiary/aromatic N) is 1. The predicted octanol–water partition coefficient (Wildman–Crippen LogP) is 3.79. The third-order valence-electron chi connectivity index (χ3n) is 3.82. The quantitative estimate of drug-likeness (QED) is 0.645. The summed E-state index contributed by atoms with van der Waals surface area (Å²) < 4.78 is 0. The second kappa shape index (κ2) is 6.26. The van der Waals surface area contributed by atoms with Gasteiger partial charge >= 0.3 is 0 Å². The maximum atomic E-state index is 12.0. The number of nitro benzene ring substituents is 1. The molecule has 0 unspecified atom stereocenters. The molecule has 0 radical (unpaired) electrons. The largest absolute Gasteiger partial charge is 0.384 e. The topological polar surface area (TPSA) is 84.3 Å². The molecule has 0 bridgehead atoms. The summed E-state index contributed by atoms with van der Waals surface area (Å²) in [7, 11) is 0. The number of carbonyl (C=O) groups excluding carboxylic acids is 1. The van der Waals surface area contributed by atoms with Crippen molar-refractivity contribution in [2.45, 2.75) is 12.3 Å². The van der Waals surface area contributed by atoms with Gasteiger partial charge in [0.1, 0.15) is 0 Å². The Bertz CT molecular complexity index is 779. The number of rotatable bonds is 5. The minimum atomic E-state index is -0.491. The highest BCUT2D eigenvalue weighted by Gasteiger charge is 2.29. The van der Waals surface area contributed by atoms with Crippen LogP contribution in [0.25, 0.3) is 0 Å². The molecule has 2 aromatic rings. The molecule has 6 nitrogen and oxygen atoms in total. The molecule has 1 heterocycles. The van der Waals surface area contributed by atoms with Crippen LogP contribution >= 0.6 is 11.6 Å². The Morgan fingerprint density at radius 2 is 2.04 bits per heavy atom. The number of anilines is 2. The highest BCUT2D eigenvalue weighted by Crippen LogP contribution is 2.34. The van der Waals surface area contributed by atoms with Crippen LogP contribution in [0.2, 0.25) is 5.02 Å². The summed E-state index contributed by atoms with van der Waals surface area (Å²) in [5.74, 6) is -0.210. The van der Waals surface area contributed by atoms with Gasteiger partial charge < -0.3 is 10.6 Å². The van der Waals surface area contributed by atoms with Gasteiger partial charge in [-0.25, -0.2) is 0 Å². The fourth-order valence-corrected chi connectivity index (χ4v) is 2.92. The lowest BCUT2D eigenvalue weighted by molar-refractivity contribution is -0.384. The van der Waals surface area contributed by atoms with E-state index in [0.717, 1.165) is 11.3 Å². The Hall–Kier alpha value is -2.60. The van der Waals surface area contributed by atoms with E-state index in [4.69, 9.17) is 11.6 Å². The second-order valence-corrected chi connectivity index (χ2v) is 5.67. The van der Waals surface area contributed by atoms with E-state index in [1.54, 1.807) is 6.07 Å². The zero-order valence-corrected chi connectivity index (χ0v) is 12.8. The van der Waals surface area contributed by atoms with Gasteiger partial charge in [-0.05, 0) is 24.1 Å². The summed E-state index contributed by atoms with van der Waals surface area (Å²) >= 11 is 6.03. The summed E-state index contributed by atoms with van der Waals surface area (Å²) in [6.45, 7) is 0.532. The molecule has 1 aliphatic heterocycles. The molecule has 118 valence electrons. The third kappa shape index (κ3) is 3.12. The van der Waals surface area contributed by atoms with E-state index in [-0.39, 0.29) is 22.5 Å². The minimum absolute atomic E-state index is 0.0113. The molecule has 2 N–H and O–H groups in total. The van der Waals surface area contributed by atoms with Gasteiger partial charge in [-0.2, -0.15) is 0 Å². The van der Waals surface area contributed by atoms with Crippen molar-refractivity contribution in [2.75, 3.05) is 17.2 Å². The van der Waals surface area contributed by atoms with Crippen molar-refractivity contribution < 1.29 is 9.72 Å². The molecule has 0 aromatic heterocycles. The molecule has 23 heavy (non-hydrogen) atoms. The number of nitrogens with one attached hydrogen (secondary N) is 2. The van der Waals surface area contributed by atoms with Crippen molar-refractivity contribution in [1.29, 1.82) is 0 Å². The summed E-state index contributed by atoms with van der Waals surface area (Å²) in [4.78, 5) is 22.2. The summed E-state index contributed by atoms with van der Waals surface area (Å²) in [6, 6.07) is 11.9. The first-order valence-electron chi connectivity index (χ1n) is 7.14. The Balaban J connectivity index is 1.64. The van der Waals surface area contributed by atoms with Crippen molar-refractivity contribution in [3.05, 3.63) is 63.2 Å². The normalized spacial score (nSPS) is 15.9. The molecule has 0 spiro atoms. The third-order valence-corrected chi connectivity index (χ3v) is 4.14. The lowest BCUT2D eigenvalue weighted by atomic mass is 9.97. The number of nitro groups is 1. The summed E-state index contributed by atoms with van der Waals surface area (Å²) in [6.07, 6.45) is 0.607. The SMILES string of the molecule is O=C1Nc2ccccc2[C@@H]1CCNc1ccc([N+](=O)[O-])cc1Cl. The number of non-ortho nitro benzene ring substituents is 1. The smallest absolute Gasteiger partial charge is 0.271 e. The van der Waals surface area contributed by atoms with Crippen molar-refractivity contribution in [3.8, 4) is 0 Å². The number of carbonyl (C=O) groups is 1. The molecule has 1 atom stereocenters. The molecule has 0 fully saturated rings. The summed E-state index contributed by atoms with van der Waals surface area (Å²) in [5, 5.41) is 17.0. The zero-order valence-electron chi connectivity index (χ0n) is 12.1. The Morgan fingerprint density at radius 3 is 2.78 bits per heavy atom. The van der Waals surface area contributed by atoms with Gasteiger partial charge in [0.15, 0.2) is 0 Å². The maximum Gasteiger partial charge on any atom is 0.271 e. The van der Waals surface area contributed by atoms with Crippen LogP contribution in [0, 0.1) is 10.1 Å². The van der Waals surface area contributed by atoms with E-state index >= 15 is 0 Å². The van der Waals surface area contributed by atoms with Crippen LogP contribution in [-0.4, -0.2) is 17.4 Å². The highest BCUT2D eigenvalue weighted by molar-refractivity contribution is 6.33. The monoisotopic (exact) mass is 331 g/mol. The van der Waals surface area contributed by atoms with Crippen LogP contribution in [-0.2, 0) is 4.79 Å². The van der Waals surface area contributed by atoms with Gasteiger partial charge in [0.2, 0.25) is 5.91 Å². The summed E-state index contributed by atoms with van der Waals surface area (Å²) in [5.41, 5.74) is 2.42. The zero-order chi connectivity index (χ0) is 16.4. The van der Waals surface area contributed by atoms with E-state index in [1.807, 2.05) is 24.3 Å². The number of hydrogen-bond acceptors (Lipinski definition) is 4. The standard InChI is InChI=1S/C16H14ClN3O3/c17-13-9-10(20(22)23)5-6-15(13)18-8-7-12-11-3-1-2-4-14(11)19-16(12)21/h1-6,9,12,18H,7-8H2,(H,19,21)/t12-/m0/s1. The van der Waals surface area contributed by atoms with Gasteiger partial charge in [-0.1, -0.05) is 29.8 Å². The first kappa shape index (κ1) is 15.3. The van der Waals surface area contributed by atoms with Gasteiger partial charge in [0, 0.05) is 24.4 Å². The van der Waals surface area contributed by atoms with E-state index < -0.39 is 4.92 Å². The molecule has 7 heteroatoms. The number of halogens is 1. The van der Waals surface area contributed by atoms with Crippen LogP contribution in [0.3, 0.4) is 0 Å². The fourth-order valence-electron chi connectivity index (χ4n) is 2.67. The van der Waals surface area contributed by atoms with Crippen LogP contribution in [0.15, 0.2) is 42.5 Å². The first-order chi connectivity index (χ1) is 11.1. The number of fused-ring (bicyclic) bond motifs is 1. The van der Waals surface area contributed by atoms with Gasteiger partial charge in [0.25, 0.3) is 5.69 Å². The Kier molecular flexibility index (Phi) is 4.16. The van der Waals surface area contributed by atoms with Crippen molar-refractivity contribution in [2.24, 2.45) is 0 Å². The van der Waals surface area contributed by atoms with E-state index in [1.165, 1.54) is 12.1 Å². The second-order valence-electron chi connectivity index (χ2n) is 5.27. The van der Waals surface area contributed by atoms with Crippen LogP contribution in [0.4, 0.5) is 17.1 Å². The van der Waals surface area contributed by atoms with Gasteiger partial charge in [-0.15, -0.1) is 0 Å². The van der Waals surface area contributed by atoms with Crippen LogP contribution in [0.1, 0.15) is 17.9 Å². The average molecular weight is 332 g/mol. The Morgan fingerprint density at radius 1 is 1.26 bits per heavy atom. The molecule has 2 aromatic carbocycles. The molecular weight excluding hydrogens is 318 g/mol. The minimum Gasteiger partial charge on any atom is -0.384 e. The number of benzene rings is 2. The van der Waals surface area contributed by atoms with E-state index in [2.05, 4.69) is 10.6 Å². The molecule has 0 aliphatic carbocycles. The lowest BCUT2D eigenvalue weighted by Crippen LogP contribution is -2.15. The molecule has 0 saturated heterocycles. The molecule has 1 aliphatic rings. The van der Waals surface area contributed by atoms with E-state index in [9.17, 15) is 14.9 Å². The molecule has 1 amide bonds. The van der Waals surface area contributed by atoms with E-state index in [0.29, 0.717) is 18.7 Å². The highest BCUT2D eigenvalue weighted by atomic mass is 35.5. The molecular formula is C16H14ClN3O3.